The molecule has 1 amide bonds. The number of hydrogen-bond acceptors (Lipinski definition) is 2. The number of carboxylic acid groups (broad SMARTS) is 1. The molecular weight excluding hydrogens is 230 g/mol. The second kappa shape index (κ2) is 6.76. The fourth-order valence-corrected chi connectivity index (χ4v) is 2.39. The lowest BCUT2D eigenvalue weighted by Gasteiger charge is -2.25. The molecule has 1 saturated carbocycles. The molecule has 1 fully saturated rings. The van der Waals surface area contributed by atoms with Gasteiger partial charge < -0.3 is 10.4 Å². The molecule has 0 aromatic carbocycles. The largest absolute Gasteiger partial charge is 0.481 e. The molecule has 0 bridgehead atoms. The number of hydrogen-bond donors (Lipinski definition) is 2. The average molecular weight is 255 g/mol. The molecule has 0 aromatic heterocycles. The van der Waals surface area contributed by atoms with Crippen molar-refractivity contribution in [2.45, 2.75) is 58.9 Å². The third kappa shape index (κ3) is 4.00. The van der Waals surface area contributed by atoms with Crippen LogP contribution in [0, 0.1) is 17.8 Å². The molecule has 0 saturated heterocycles. The van der Waals surface area contributed by atoms with Crippen molar-refractivity contribution >= 4 is 11.9 Å². The molecule has 1 aliphatic rings. The predicted molar refractivity (Wildman–Crippen MR) is 70.1 cm³/mol. The maximum atomic E-state index is 12.0. The van der Waals surface area contributed by atoms with E-state index < -0.39 is 11.9 Å². The Kier molecular flexibility index (Phi) is 5.63. The number of amides is 1. The summed E-state index contributed by atoms with van der Waals surface area (Å²) in [6.07, 6.45) is 4.48. The Morgan fingerprint density at radius 1 is 1.11 bits per heavy atom. The van der Waals surface area contributed by atoms with Gasteiger partial charge in [-0.05, 0) is 18.8 Å². The number of carbonyl (C=O) groups is 2. The van der Waals surface area contributed by atoms with E-state index in [1.54, 1.807) is 0 Å². The molecular formula is C14H25NO3. The Hall–Kier alpha value is -1.06. The summed E-state index contributed by atoms with van der Waals surface area (Å²) >= 11 is 0. The Balaban J connectivity index is 2.66. The Bertz CT molecular complexity index is 301. The van der Waals surface area contributed by atoms with Crippen molar-refractivity contribution < 1.29 is 14.7 Å². The highest BCUT2D eigenvalue weighted by Crippen LogP contribution is 2.24. The summed E-state index contributed by atoms with van der Waals surface area (Å²) in [5.74, 6) is -1.000. The number of aliphatic carboxylic acids is 1. The topological polar surface area (TPSA) is 66.4 Å². The first-order valence-corrected chi connectivity index (χ1v) is 6.96. The van der Waals surface area contributed by atoms with Crippen molar-refractivity contribution in [2.75, 3.05) is 0 Å². The minimum Gasteiger partial charge on any atom is -0.481 e. The van der Waals surface area contributed by atoms with E-state index >= 15 is 0 Å². The SMILES string of the molecule is CC(C)C(C)C(=O)N[C@H]1CCCCC[C@H]1C(=O)O. The normalized spacial score (nSPS) is 26.4. The molecule has 1 rings (SSSR count). The summed E-state index contributed by atoms with van der Waals surface area (Å²) < 4.78 is 0. The van der Waals surface area contributed by atoms with E-state index in [0.29, 0.717) is 6.42 Å². The highest BCUT2D eigenvalue weighted by Gasteiger charge is 2.31. The van der Waals surface area contributed by atoms with Gasteiger partial charge in [0.05, 0.1) is 5.92 Å². The van der Waals surface area contributed by atoms with Crippen molar-refractivity contribution in [1.82, 2.24) is 5.32 Å². The molecule has 0 aliphatic heterocycles. The molecule has 0 radical (unpaired) electrons. The van der Waals surface area contributed by atoms with E-state index in [4.69, 9.17) is 0 Å². The Morgan fingerprint density at radius 2 is 1.72 bits per heavy atom. The third-order valence-electron chi connectivity index (χ3n) is 4.07. The van der Waals surface area contributed by atoms with E-state index in [0.717, 1.165) is 25.7 Å². The van der Waals surface area contributed by atoms with Crippen molar-refractivity contribution in [1.29, 1.82) is 0 Å². The lowest BCUT2D eigenvalue weighted by molar-refractivity contribution is -0.143. The number of carbonyl (C=O) groups excluding carboxylic acids is 1. The smallest absolute Gasteiger partial charge is 0.308 e. The van der Waals surface area contributed by atoms with Gasteiger partial charge in [-0.3, -0.25) is 9.59 Å². The predicted octanol–water partition coefficient (Wildman–Crippen LogP) is 2.43. The van der Waals surface area contributed by atoms with E-state index in [1.165, 1.54) is 0 Å². The maximum Gasteiger partial charge on any atom is 0.308 e. The van der Waals surface area contributed by atoms with Crippen LogP contribution in [0.2, 0.25) is 0 Å². The molecule has 4 nitrogen and oxygen atoms in total. The van der Waals surface area contributed by atoms with E-state index in [-0.39, 0.29) is 23.8 Å². The lowest BCUT2D eigenvalue weighted by atomic mass is 9.92. The summed E-state index contributed by atoms with van der Waals surface area (Å²) in [4.78, 5) is 23.3. The van der Waals surface area contributed by atoms with Crippen LogP contribution in [0.4, 0.5) is 0 Å². The van der Waals surface area contributed by atoms with Crippen LogP contribution in [0.1, 0.15) is 52.9 Å². The van der Waals surface area contributed by atoms with Gasteiger partial charge in [0, 0.05) is 12.0 Å². The van der Waals surface area contributed by atoms with Crippen molar-refractivity contribution in [3.63, 3.8) is 0 Å². The second-order valence-corrected chi connectivity index (χ2v) is 5.73. The van der Waals surface area contributed by atoms with Crippen LogP contribution in [-0.2, 0) is 9.59 Å². The lowest BCUT2D eigenvalue weighted by Crippen LogP contribution is -2.45. The zero-order valence-corrected chi connectivity index (χ0v) is 11.6. The summed E-state index contributed by atoms with van der Waals surface area (Å²) in [5.41, 5.74) is 0. The first kappa shape index (κ1) is 15.0. The van der Waals surface area contributed by atoms with Crippen LogP contribution in [-0.4, -0.2) is 23.0 Å². The van der Waals surface area contributed by atoms with E-state index in [1.807, 2.05) is 20.8 Å². The fourth-order valence-electron chi connectivity index (χ4n) is 2.39. The van der Waals surface area contributed by atoms with Gasteiger partial charge in [0.25, 0.3) is 0 Å². The van der Waals surface area contributed by atoms with E-state index in [2.05, 4.69) is 5.32 Å². The zero-order chi connectivity index (χ0) is 13.7. The van der Waals surface area contributed by atoms with Crippen LogP contribution < -0.4 is 5.32 Å². The monoisotopic (exact) mass is 255 g/mol. The average Bonchev–Trinajstić information content (AvgIpc) is 2.53. The fraction of sp³-hybridized carbons (Fsp3) is 0.857. The molecule has 2 N–H and O–H groups in total. The van der Waals surface area contributed by atoms with Crippen LogP contribution in [0.15, 0.2) is 0 Å². The van der Waals surface area contributed by atoms with Gasteiger partial charge in [0.15, 0.2) is 0 Å². The van der Waals surface area contributed by atoms with Gasteiger partial charge >= 0.3 is 5.97 Å². The van der Waals surface area contributed by atoms with Crippen LogP contribution in [0.3, 0.4) is 0 Å². The summed E-state index contributed by atoms with van der Waals surface area (Å²) in [6.45, 7) is 5.91. The zero-order valence-electron chi connectivity index (χ0n) is 11.6. The molecule has 104 valence electrons. The van der Waals surface area contributed by atoms with Gasteiger partial charge in [-0.25, -0.2) is 0 Å². The van der Waals surface area contributed by atoms with Crippen LogP contribution in [0.5, 0.6) is 0 Å². The molecule has 1 aliphatic carbocycles. The Labute approximate surface area is 109 Å². The van der Waals surface area contributed by atoms with E-state index in [9.17, 15) is 14.7 Å². The maximum absolute atomic E-state index is 12.0. The van der Waals surface area contributed by atoms with Crippen molar-refractivity contribution in [3.05, 3.63) is 0 Å². The third-order valence-corrected chi connectivity index (χ3v) is 4.07. The highest BCUT2D eigenvalue weighted by atomic mass is 16.4. The number of nitrogens with one attached hydrogen (secondary N) is 1. The summed E-state index contributed by atoms with van der Waals surface area (Å²) in [6, 6.07) is -0.196. The molecule has 3 atom stereocenters. The molecule has 0 heterocycles. The van der Waals surface area contributed by atoms with Gasteiger partial charge in [-0.1, -0.05) is 40.0 Å². The van der Waals surface area contributed by atoms with Crippen LogP contribution in [0.25, 0.3) is 0 Å². The summed E-state index contributed by atoms with van der Waals surface area (Å²) in [7, 11) is 0. The molecule has 0 aromatic rings. The molecule has 4 heteroatoms. The molecule has 0 spiro atoms. The van der Waals surface area contributed by atoms with Crippen LogP contribution >= 0.6 is 0 Å². The van der Waals surface area contributed by atoms with Gasteiger partial charge in [0.2, 0.25) is 5.91 Å². The number of rotatable bonds is 4. The standard InChI is InChI=1S/C14H25NO3/c1-9(2)10(3)13(16)15-12-8-6-4-5-7-11(12)14(17)18/h9-12H,4-8H2,1-3H3,(H,15,16)(H,17,18)/t10?,11-,12+/m1/s1. The van der Waals surface area contributed by atoms with Crippen molar-refractivity contribution in [3.8, 4) is 0 Å². The minimum absolute atomic E-state index is 0.0110. The van der Waals surface area contributed by atoms with Gasteiger partial charge in [-0.2, -0.15) is 0 Å². The van der Waals surface area contributed by atoms with Gasteiger partial charge in [0.1, 0.15) is 0 Å². The molecule has 1 unspecified atom stereocenters. The van der Waals surface area contributed by atoms with Crippen molar-refractivity contribution in [2.24, 2.45) is 17.8 Å². The molecule has 18 heavy (non-hydrogen) atoms. The van der Waals surface area contributed by atoms with Gasteiger partial charge in [-0.15, -0.1) is 0 Å². The quantitative estimate of drug-likeness (QED) is 0.758. The summed E-state index contributed by atoms with van der Waals surface area (Å²) in [5, 5.41) is 12.2. The Morgan fingerprint density at radius 3 is 2.28 bits per heavy atom. The first-order chi connectivity index (χ1) is 8.43. The number of carboxylic acids is 1. The minimum atomic E-state index is -0.778. The highest BCUT2D eigenvalue weighted by molar-refractivity contribution is 5.80. The second-order valence-electron chi connectivity index (χ2n) is 5.73. The first-order valence-electron chi connectivity index (χ1n) is 6.96.